The summed E-state index contributed by atoms with van der Waals surface area (Å²) in [4.78, 5) is 15.1. The molecular weight excluding hydrogens is 445 g/mol. The van der Waals surface area contributed by atoms with Crippen LogP contribution in [0.3, 0.4) is 0 Å². The minimum Gasteiger partial charge on any atom is -0.487 e. The number of ether oxygens (including phenoxy) is 2. The maximum absolute atomic E-state index is 13.2. The molecular formula is C26H29F3N2O3. The summed E-state index contributed by atoms with van der Waals surface area (Å²) in [6, 6.07) is 10.3. The third kappa shape index (κ3) is 4.73. The van der Waals surface area contributed by atoms with E-state index in [4.69, 9.17) is 9.47 Å². The van der Waals surface area contributed by atoms with Crippen LogP contribution in [0.5, 0.6) is 5.75 Å². The molecule has 0 aromatic heterocycles. The van der Waals surface area contributed by atoms with E-state index in [2.05, 4.69) is 10.2 Å². The summed E-state index contributed by atoms with van der Waals surface area (Å²) in [5, 5.41) is 3.02. The first kappa shape index (κ1) is 23.0. The minimum absolute atomic E-state index is 0.0851. The number of nitrogens with one attached hydrogen (secondary N) is 1. The fraction of sp³-hybridized carbons (Fsp3) is 0.500. The fourth-order valence-electron chi connectivity index (χ4n) is 5.39. The molecule has 0 saturated carbocycles. The molecule has 6 rings (SSSR count). The van der Waals surface area contributed by atoms with Crippen LogP contribution in [-0.4, -0.2) is 42.3 Å². The van der Waals surface area contributed by atoms with Crippen LogP contribution in [0.2, 0.25) is 0 Å². The van der Waals surface area contributed by atoms with Crippen molar-refractivity contribution in [1.29, 1.82) is 0 Å². The highest BCUT2D eigenvalue weighted by atomic mass is 19.4. The van der Waals surface area contributed by atoms with Crippen molar-refractivity contribution in [3.63, 3.8) is 0 Å². The first-order chi connectivity index (χ1) is 16.1. The Morgan fingerprint density at radius 3 is 2.53 bits per heavy atom. The Bertz CT molecular complexity index is 1080. The van der Waals surface area contributed by atoms with Crippen molar-refractivity contribution in [1.82, 2.24) is 10.2 Å². The molecule has 1 amide bonds. The van der Waals surface area contributed by atoms with Gasteiger partial charge in [-0.3, -0.25) is 4.90 Å². The van der Waals surface area contributed by atoms with Gasteiger partial charge in [-0.2, -0.15) is 13.2 Å². The predicted octanol–water partition coefficient (Wildman–Crippen LogP) is 5.80. The minimum atomic E-state index is -4.41. The maximum Gasteiger partial charge on any atom is 0.416 e. The number of halogens is 3. The highest BCUT2D eigenvalue weighted by Gasteiger charge is 2.39. The van der Waals surface area contributed by atoms with Crippen molar-refractivity contribution in [3.05, 3.63) is 53.6 Å². The molecule has 3 saturated heterocycles. The molecule has 182 valence electrons. The van der Waals surface area contributed by atoms with Crippen LogP contribution in [0, 0.1) is 5.92 Å². The average molecular weight is 475 g/mol. The molecule has 4 heterocycles. The number of alkyl carbamates (subject to hydrolysis) is 1. The SMILES string of the molecule is CC1(C)CC(NC(=O)O[C@@H]2CN3CCC2CC3)c2ccc(-c3cccc(C(F)(F)F)c3)cc2O1. The van der Waals surface area contributed by atoms with Crippen molar-refractivity contribution in [2.45, 2.75) is 57.0 Å². The summed E-state index contributed by atoms with van der Waals surface area (Å²) < 4.78 is 51.5. The summed E-state index contributed by atoms with van der Waals surface area (Å²) in [6.45, 7) is 6.79. The van der Waals surface area contributed by atoms with Crippen molar-refractivity contribution in [2.24, 2.45) is 5.92 Å². The standard InChI is InChI=1S/C26H29F3N2O3/c1-25(2)14-21(30-24(32)33-23-15-31-10-8-16(23)9-11-31)20-7-6-18(13-22(20)34-25)17-4-3-5-19(12-17)26(27,28)29/h3-7,12-13,16,21,23H,8-11,14-15H2,1-2H3,(H,30,32)/t21?,23-/m1/s1. The summed E-state index contributed by atoms with van der Waals surface area (Å²) in [5.41, 5.74) is 0.611. The van der Waals surface area contributed by atoms with E-state index in [1.165, 1.54) is 6.07 Å². The maximum atomic E-state index is 13.2. The number of hydrogen-bond donors (Lipinski definition) is 1. The van der Waals surface area contributed by atoms with Gasteiger partial charge in [0.2, 0.25) is 0 Å². The number of benzene rings is 2. The quantitative estimate of drug-likeness (QED) is 0.611. The molecule has 0 radical (unpaired) electrons. The van der Waals surface area contributed by atoms with Gasteiger partial charge in [-0.15, -0.1) is 0 Å². The Morgan fingerprint density at radius 2 is 1.85 bits per heavy atom. The van der Waals surface area contributed by atoms with Gasteiger partial charge in [0, 0.05) is 18.5 Å². The Labute approximate surface area is 197 Å². The molecule has 3 fully saturated rings. The summed E-state index contributed by atoms with van der Waals surface area (Å²) in [6.07, 6.45) is -2.26. The van der Waals surface area contributed by atoms with Gasteiger partial charge in [0.15, 0.2) is 0 Å². The van der Waals surface area contributed by atoms with Gasteiger partial charge < -0.3 is 14.8 Å². The number of carbonyl (C=O) groups is 1. The lowest BCUT2D eigenvalue weighted by atomic mass is 9.86. The molecule has 2 atom stereocenters. The monoisotopic (exact) mass is 474 g/mol. The van der Waals surface area contributed by atoms with Crippen LogP contribution in [0.25, 0.3) is 11.1 Å². The first-order valence-corrected chi connectivity index (χ1v) is 11.8. The van der Waals surface area contributed by atoms with E-state index in [1.54, 1.807) is 18.2 Å². The van der Waals surface area contributed by atoms with Crippen LogP contribution in [-0.2, 0) is 10.9 Å². The lowest BCUT2D eigenvalue weighted by Crippen LogP contribution is -2.53. The highest BCUT2D eigenvalue weighted by molar-refractivity contribution is 5.70. The molecule has 2 aromatic rings. The van der Waals surface area contributed by atoms with Crippen LogP contribution in [0.15, 0.2) is 42.5 Å². The molecule has 0 aliphatic carbocycles. The van der Waals surface area contributed by atoms with Gasteiger partial charge in [0.1, 0.15) is 17.5 Å². The molecule has 4 aliphatic heterocycles. The largest absolute Gasteiger partial charge is 0.487 e. The van der Waals surface area contributed by atoms with Gasteiger partial charge >= 0.3 is 12.3 Å². The van der Waals surface area contributed by atoms with Gasteiger partial charge in [-0.05, 0) is 75.0 Å². The van der Waals surface area contributed by atoms with E-state index < -0.39 is 23.4 Å². The lowest BCUT2D eigenvalue weighted by Gasteiger charge is -2.44. The zero-order valence-corrected chi connectivity index (χ0v) is 19.3. The van der Waals surface area contributed by atoms with Gasteiger partial charge in [0.25, 0.3) is 0 Å². The molecule has 0 spiro atoms. The highest BCUT2D eigenvalue weighted by Crippen LogP contribution is 2.42. The van der Waals surface area contributed by atoms with E-state index >= 15 is 0 Å². The molecule has 34 heavy (non-hydrogen) atoms. The third-order valence-electron chi connectivity index (χ3n) is 7.14. The van der Waals surface area contributed by atoms with Gasteiger partial charge in [0.05, 0.1) is 11.6 Å². The van der Waals surface area contributed by atoms with E-state index in [1.807, 2.05) is 19.9 Å². The predicted molar refractivity (Wildman–Crippen MR) is 122 cm³/mol. The van der Waals surface area contributed by atoms with E-state index in [-0.39, 0.29) is 12.1 Å². The molecule has 1 N–H and O–H groups in total. The smallest absolute Gasteiger partial charge is 0.416 e. The Kier molecular flexibility index (Phi) is 5.74. The first-order valence-electron chi connectivity index (χ1n) is 11.8. The molecule has 2 aromatic carbocycles. The van der Waals surface area contributed by atoms with E-state index in [0.29, 0.717) is 29.2 Å². The normalized spacial score (nSPS) is 27.4. The van der Waals surface area contributed by atoms with E-state index in [0.717, 1.165) is 50.2 Å². The number of piperidine rings is 3. The number of alkyl halides is 3. The molecule has 8 heteroatoms. The number of carbonyl (C=O) groups excluding carboxylic acids is 1. The number of rotatable bonds is 3. The number of nitrogens with zero attached hydrogens (tertiary/aromatic N) is 1. The molecule has 5 nitrogen and oxygen atoms in total. The van der Waals surface area contributed by atoms with Crippen LogP contribution >= 0.6 is 0 Å². The topological polar surface area (TPSA) is 50.8 Å². The molecule has 1 unspecified atom stereocenters. The van der Waals surface area contributed by atoms with Gasteiger partial charge in [-0.25, -0.2) is 4.79 Å². The Hall–Kier alpha value is -2.74. The van der Waals surface area contributed by atoms with E-state index in [9.17, 15) is 18.0 Å². The second-order valence-corrected chi connectivity index (χ2v) is 10.2. The second kappa shape index (κ2) is 8.48. The summed E-state index contributed by atoms with van der Waals surface area (Å²) >= 11 is 0. The van der Waals surface area contributed by atoms with Crippen molar-refractivity contribution < 1.29 is 27.4 Å². The van der Waals surface area contributed by atoms with Crippen molar-refractivity contribution >= 4 is 6.09 Å². The number of hydrogen-bond acceptors (Lipinski definition) is 4. The number of amides is 1. The Balaban J connectivity index is 1.36. The van der Waals surface area contributed by atoms with Crippen LogP contribution in [0.1, 0.15) is 50.3 Å². The Morgan fingerprint density at radius 1 is 1.12 bits per heavy atom. The number of fused-ring (bicyclic) bond motifs is 4. The zero-order chi connectivity index (χ0) is 24.1. The van der Waals surface area contributed by atoms with Crippen molar-refractivity contribution in [2.75, 3.05) is 19.6 Å². The van der Waals surface area contributed by atoms with Crippen LogP contribution < -0.4 is 10.1 Å². The fourth-order valence-corrected chi connectivity index (χ4v) is 5.39. The second-order valence-electron chi connectivity index (χ2n) is 10.2. The zero-order valence-electron chi connectivity index (χ0n) is 19.3. The molecule has 4 aliphatic rings. The third-order valence-corrected chi connectivity index (χ3v) is 7.14. The lowest BCUT2D eigenvalue weighted by molar-refractivity contribution is -0.137. The summed E-state index contributed by atoms with van der Waals surface area (Å²) in [7, 11) is 0. The average Bonchev–Trinajstić information content (AvgIpc) is 2.78. The molecule has 2 bridgehead atoms. The van der Waals surface area contributed by atoms with Crippen molar-refractivity contribution in [3.8, 4) is 16.9 Å². The van der Waals surface area contributed by atoms with Gasteiger partial charge in [-0.1, -0.05) is 24.3 Å². The summed E-state index contributed by atoms with van der Waals surface area (Å²) in [5.74, 6) is 0.975. The van der Waals surface area contributed by atoms with Crippen LogP contribution in [0.4, 0.5) is 18.0 Å².